The third-order valence-corrected chi connectivity index (χ3v) is 11.1. The van der Waals surface area contributed by atoms with Crippen LogP contribution in [0, 0.1) is 0 Å². The molecule has 0 unspecified atom stereocenters. The van der Waals surface area contributed by atoms with Gasteiger partial charge in [-0.05, 0) is 37.2 Å². The average molecular weight is 494 g/mol. The summed E-state index contributed by atoms with van der Waals surface area (Å²) >= 11 is 0. The van der Waals surface area contributed by atoms with Crippen molar-refractivity contribution in [1.82, 2.24) is 19.5 Å². The molecule has 2 N–H and O–H groups in total. The summed E-state index contributed by atoms with van der Waals surface area (Å²) in [4.78, 5) is 22.0. The molecular formula is C22H35N5O6Si. The molecule has 11 nitrogen and oxygen atoms in total. The van der Waals surface area contributed by atoms with Crippen molar-refractivity contribution in [1.29, 1.82) is 0 Å². The van der Waals surface area contributed by atoms with Crippen LogP contribution in [0.3, 0.4) is 0 Å². The highest BCUT2D eigenvalue weighted by molar-refractivity contribution is 6.74. The van der Waals surface area contributed by atoms with E-state index < -0.39 is 31.8 Å². The number of rotatable bonds is 7. The van der Waals surface area contributed by atoms with E-state index in [1.54, 1.807) is 30.3 Å². The fraction of sp³-hybridized carbons (Fsp3) is 0.636. The molecule has 2 aromatic heterocycles. The molecule has 0 amide bonds. The number of hydrogen-bond donors (Lipinski definition) is 2. The Morgan fingerprint density at radius 1 is 1.41 bits per heavy atom. The third-order valence-electron chi connectivity index (χ3n) is 6.64. The van der Waals surface area contributed by atoms with Gasteiger partial charge in [0.25, 0.3) is 0 Å². The van der Waals surface area contributed by atoms with Crippen molar-refractivity contribution in [2.45, 2.75) is 63.1 Å². The lowest BCUT2D eigenvalue weighted by Crippen LogP contribution is -2.54. The highest BCUT2D eigenvalue weighted by Crippen LogP contribution is 2.45. The Hall–Kier alpha value is -2.54. The number of nitrogens with zero attached hydrogens (tertiary/aromatic N) is 5. The van der Waals surface area contributed by atoms with Gasteiger partial charge in [0.15, 0.2) is 25.8 Å². The minimum absolute atomic E-state index is 0.0560. The Balaban J connectivity index is 2.02. The molecule has 1 aliphatic rings. The summed E-state index contributed by atoms with van der Waals surface area (Å²) < 4.78 is 19.1. The van der Waals surface area contributed by atoms with Gasteiger partial charge in [-0.2, -0.15) is 5.10 Å². The molecule has 2 aromatic rings. The summed E-state index contributed by atoms with van der Waals surface area (Å²) in [6, 6.07) is 3.37. The van der Waals surface area contributed by atoms with Crippen LogP contribution < -0.4 is 0 Å². The second kappa shape index (κ2) is 8.91. The predicted octanol–water partition coefficient (Wildman–Crippen LogP) is 3.01. The number of hydrogen-bond acceptors (Lipinski definition) is 8. The van der Waals surface area contributed by atoms with E-state index in [2.05, 4.69) is 48.9 Å². The van der Waals surface area contributed by atoms with E-state index in [1.807, 2.05) is 14.1 Å². The molecule has 1 aliphatic heterocycles. The van der Waals surface area contributed by atoms with E-state index in [9.17, 15) is 15.0 Å². The van der Waals surface area contributed by atoms with Crippen LogP contribution in [0.15, 0.2) is 23.5 Å². The molecule has 0 aliphatic carbocycles. The van der Waals surface area contributed by atoms with E-state index >= 15 is 0 Å². The second-order valence-electron chi connectivity index (χ2n) is 10.6. The number of ether oxygens (including phenoxy) is 2. The maximum absolute atomic E-state index is 11.8. The van der Waals surface area contributed by atoms with Gasteiger partial charge in [0.05, 0.1) is 25.2 Å². The van der Waals surface area contributed by atoms with Gasteiger partial charge in [-0.3, -0.25) is 0 Å². The minimum atomic E-state index is -2.18. The van der Waals surface area contributed by atoms with Crippen molar-refractivity contribution in [3.05, 3.63) is 24.2 Å². The summed E-state index contributed by atoms with van der Waals surface area (Å²) in [5.74, 6) is 0.400. The molecule has 188 valence electrons. The zero-order valence-electron chi connectivity index (χ0n) is 21.1. The fourth-order valence-electron chi connectivity index (χ4n) is 3.64. The molecule has 1 fully saturated rings. The second-order valence-corrected chi connectivity index (χ2v) is 15.5. The predicted molar refractivity (Wildman–Crippen MR) is 129 cm³/mol. The lowest BCUT2D eigenvalue weighted by Gasteiger charge is -2.40. The van der Waals surface area contributed by atoms with Gasteiger partial charge >= 0.3 is 6.16 Å². The van der Waals surface area contributed by atoms with E-state index in [4.69, 9.17) is 13.9 Å². The summed E-state index contributed by atoms with van der Waals surface area (Å²) in [5, 5.41) is 25.5. The van der Waals surface area contributed by atoms with Crippen molar-refractivity contribution in [3.63, 3.8) is 0 Å². The topological polar surface area (TPSA) is 131 Å². The van der Waals surface area contributed by atoms with Crippen molar-refractivity contribution in [2.24, 2.45) is 4.99 Å². The molecule has 1 saturated heterocycles. The first-order valence-corrected chi connectivity index (χ1v) is 14.0. The molecule has 0 radical (unpaired) electrons. The molecular weight excluding hydrogens is 458 g/mol. The van der Waals surface area contributed by atoms with Gasteiger partial charge in [-0.15, -0.1) is 0 Å². The summed E-state index contributed by atoms with van der Waals surface area (Å²) in [5.41, 5.74) is -2.17. The number of fused-ring (bicyclic) bond motifs is 1. The first-order chi connectivity index (χ1) is 15.6. The molecule has 12 heteroatoms. The Kier molecular flexibility index (Phi) is 6.83. The van der Waals surface area contributed by atoms with E-state index in [0.717, 1.165) is 0 Å². The van der Waals surface area contributed by atoms with Crippen LogP contribution in [0.4, 0.5) is 10.6 Å². The molecule has 3 atom stereocenters. The molecule has 0 spiro atoms. The summed E-state index contributed by atoms with van der Waals surface area (Å²) in [7, 11) is 1.49. The number of carboxylic acid groups (broad SMARTS) is 1. The lowest BCUT2D eigenvalue weighted by molar-refractivity contribution is -0.112. The summed E-state index contributed by atoms with van der Waals surface area (Å²) in [6.07, 6.45) is 0.155. The van der Waals surface area contributed by atoms with Crippen molar-refractivity contribution >= 4 is 32.1 Å². The van der Waals surface area contributed by atoms with Gasteiger partial charge in [-0.1, -0.05) is 20.8 Å². The Labute approximate surface area is 200 Å². The van der Waals surface area contributed by atoms with Crippen molar-refractivity contribution in [3.8, 4) is 0 Å². The molecule has 3 rings (SSSR count). The van der Waals surface area contributed by atoms with Crippen LogP contribution >= 0.6 is 0 Å². The zero-order chi connectivity index (χ0) is 25.5. The number of carbonyl (C=O) groups is 1. The number of aliphatic hydroxyl groups is 1. The van der Waals surface area contributed by atoms with Crippen LogP contribution in [0.1, 0.15) is 33.4 Å². The minimum Gasteiger partial charge on any atom is -0.450 e. The quantitative estimate of drug-likeness (QED) is 0.259. The van der Waals surface area contributed by atoms with Gasteiger partial charge < -0.3 is 29.0 Å². The highest BCUT2D eigenvalue weighted by Gasteiger charge is 2.61. The first kappa shape index (κ1) is 26.1. The Morgan fingerprint density at radius 2 is 2.09 bits per heavy atom. The van der Waals surface area contributed by atoms with E-state index in [1.165, 1.54) is 10.8 Å². The maximum atomic E-state index is 11.8. The van der Waals surface area contributed by atoms with Crippen LogP contribution in [0.5, 0.6) is 0 Å². The average Bonchev–Trinajstić information content (AvgIpc) is 3.26. The zero-order valence-corrected chi connectivity index (χ0v) is 22.1. The van der Waals surface area contributed by atoms with Gasteiger partial charge in [0.1, 0.15) is 17.4 Å². The Bertz CT molecular complexity index is 1080. The van der Waals surface area contributed by atoms with Crippen LogP contribution in [0.2, 0.25) is 18.1 Å². The SMILES string of the molecule is CN(C)C=Nc1ncnn2c([C@@]3(O)CO[C@](C)(CO[Si](C)(C)C(C)(C)C)[C@H]3OC(=O)O)ccc12. The van der Waals surface area contributed by atoms with Gasteiger partial charge in [0.2, 0.25) is 0 Å². The molecule has 0 saturated carbocycles. The molecule has 0 bridgehead atoms. The van der Waals surface area contributed by atoms with Gasteiger partial charge in [0, 0.05) is 14.1 Å². The fourth-order valence-corrected chi connectivity index (χ4v) is 4.72. The highest BCUT2D eigenvalue weighted by atomic mass is 28.4. The molecule has 34 heavy (non-hydrogen) atoms. The molecule has 3 heterocycles. The smallest absolute Gasteiger partial charge is 0.450 e. The van der Waals surface area contributed by atoms with Gasteiger partial charge in [-0.25, -0.2) is 19.3 Å². The normalized spacial score (nSPS) is 25.9. The van der Waals surface area contributed by atoms with Crippen LogP contribution in [-0.2, 0) is 19.5 Å². The third kappa shape index (κ3) is 4.81. The van der Waals surface area contributed by atoms with Crippen LogP contribution in [0.25, 0.3) is 5.52 Å². The molecule has 0 aromatic carbocycles. The number of aromatic nitrogens is 3. The van der Waals surface area contributed by atoms with Crippen LogP contribution in [-0.4, -0.2) is 89.5 Å². The Morgan fingerprint density at radius 3 is 2.68 bits per heavy atom. The maximum Gasteiger partial charge on any atom is 0.506 e. The lowest BCUT2D eigenvalue weighted by atomic mass is 9.86. The van der Waals surface area contributed by atoms with Crippen molar-refractivity contribution in [2.75, 3.05) is 27.3 Å². The standard InChI is InChI=1S/C22H35N5O6Si/c1-20(2,3)34(7,8)32-11-21(4)18(33-19(28)29)22(30,12-31-21)16-10-9-15-17(24-14-26(5)6)23-13-25-27(15)16/h9-10,13-14,18,30H,11-12H2,1-8H3,(H,28,29)/t18-,21-,22+/m1/s1. The first-order valence-electron chi connectivity index (χ1n) is 11.0. The monoisotopic (exact) mass is 493 g/mol. The van der Waals surface area contributed by atoms with Crippen molar-refractivity contribution < 1.29 is 28.9 Å². The largest absolute Gasteiger partial charge is 0.506 e. The summed E-state index contributed by atoms with van der Waals surface area (Å²) in [6.45, 7) is 12.1. The number of aliphatic imine (C=N–C) groups is 1. The van der Waals surface area contributed by atoms with E-state index in [0.29, 0.717) is 17.0 Å². The van der Waals surface area contributed by atoms with E-state index in [-0.39, 0.29) is 18.3 Å².